The Morgan fingerprint density at radius 3 is 2.61 bits per heavy atom. The molecule has 0 atom stereocenters. The van der Waals surface area contributed by atoms with Crippen molar-refractivity contribution >= 4 is 27.6 Å². The molecule has 4 rings (SSSR count). The molecule has 3 aromatic heterocycles. The summed E-state index contributed by atoms with van der Waals surface area (Å²) >= 11 is 1.06. The average Bonchev–Trinajstić information content (AvgIpc) is 3.16. The highest BCUT2D eigenvalue weighted by Gasteiger charge is 2.16. The van der Waals surface area contributed by atoms with Crippen molar-refractivity contribution < 1.29 is 9.18 Å². The van der Waals surface area contributed by atoms with Crippen molar-refractivity contribution in [2.75, 3.05) is 0 Å². The van der Waals surface area contributed by atoms with Crippen LogP contribution >= 0.6 is 11.3 Å². The van der Waals surface area contributed by atoms with Crippen LogP contribution in [0.5, 0.6) is 0 Å². The predicted molar refractivity (Wildman–Crippen MR) is 103 cm³/mol. The summed E-state index contributed by atoms with van der Waals surface area (Å²) in [4.78, 5) is 37.8. The number of hydrogen-bond acceptors (Lipinski definition) is 6. The Morgan fingerprint density at radius 2 is 1.86 bits per heavy atom. The van der Waals surface area contributed by atoms with Gasteiger partial charge in [-0.15, -0.1) is 0 Å². The largest absolute Gasteiger partial charge is 0.346 e. The standard InChI is InChI=1S/C19H14FN5O2S/c20-14-3-1-13(2-4-14)10-25-11-23-17-15(19(25)27)24-18(28-17)16(26)22-9-12-5-7-21-8-6-12/h1-8,11H,9-10H2,(H,22,26). The molecule has 0 bridgehead atoms. The Balaban J connectivity index is 1.55. The molecule has 7 nitrogen and oxygen atoms in total. The molecular formula is C19H14FN5O2S. The zero-order valence-corrected chi connectivity index (χ0v) is 15.3. The van der Waals surface area contributed by atoms with Crippen molar-refractivity contribution in [3.8, 4) is 0 Å². The van der Waals surface area contributed by atoms with Crippen molar-refractivity contribution in [3.63, 3.8) is 0 Å². The number of thiazole rings is 1. The molecule has 0 saturated carbocycles. The minimum Gasteiger partial charge on any atom is -0.346 e. The number of carbonyl (C=O) groups is 1. The summed E-state index contributed by atoms with van der Waals surface area (Å²) in [7, 11) is 0. The summed E-state index contributed by atoms with van der Waals surface area (Å²) in [5.41, 5.74) is 1.46. The lowest BCUT2D eigenvalue weighted by Gasteiger charge is -2.04. The van der Waals surface area contributed by atoms with Gasteiger partial charge in [0.25, 0.3) is 11.5 Å². The Labute approximate surface area is 162 Å². The maximum Gasteiger partial charge on any atom is 0.281 e. The number of halogens is 1. The first-order chi connectivity index (χ1) is 13.6. The van der Waals surface area contributed by atoms with Crippen LogP contribution in [0.2, 0.25) is 0 Å². The minimum atomic E-state index is -0.371. The van der Waals surface area contributed by atoms with Crippen LogP contribution in [0, 0.1) is 5.82 Å². The van der Waals surface area contributed by atoms with Gasteiger partial charge in [-0.3, -0.25) is 19.1 Å². The van der Waals surface area contributed by atoms with Crippen LogP contribution in [-0.2, 0) is 13.1 Å². The van der Waals surface area contributed by atoms with Gasteiger partial charge in [0, 0.05) is 18.9 Å². The highest BCUT2D eigenvalue weighted by atomic mass is 32.1. The van der Waals surface area contributed by atoms with E-state index >= 15 is 0 Å². The smallest absolute Gasteiger partial charge is 0.281 e. The molecule has 0 saturated heterocycles. The highest BCUT2D eigenvalue weighted by Crippen LogP contribution is 2.17. The van der Waals surface area contributed by atoms with Crippen LogP contribution in [0.15, 0.2) is 59.9 Å². The fourth-order valence-corrected chi connectivity index (χ4v) is 3.42. The fraction of sp³-hybridized carbons (Fsp3) is 0.105. The number of carbonyl (C=O) groups excluding carboxylic acids is 1. The summed E-state index contributed by atoms with van der Waals surface area (Å²) in [5, 5.41) is 2.94. The van der Waals surface area contributed by atoms with Gasteiger partial charge in [-0.1, -0.05) is 23.5 Å². The molecule has 0 fully saturated rings. The van der Waals surface area contributed by atoms with Crippen molar-refractivity contribution in [2.45, 2.75) is 13.1 Å². The van der Waals surface area contributed by atoms with E-state index < -0.39 is 0 Å². The lowest BCUT2D eigenvalue weighted by atomic mass is 10.2. The lowest BCUT2D eigenvalue weighted by Crippen LogP contribution is -2.23. The molecule has 0 radical (unpaired) electrons. The fourth-order valence-electron chi connectivity index (χ4n) is 2.60. The molecule has 28 heavy (non-hydrogen) atoms. The molecule has 0 spiro atoms. The quantitative estimate of drug-likeness (QED) is 0.560. The number of benzene rings is 1. The van der Waals surface area contributed by atoms with Crippen LogP contribution in [0.25, 0.3) is 10.3 Å². The topological polar surface area (TPSA) is 89.8 Å². The minimum absolute atomic E-state index is 0.142. The Hall–Kier alpha value is -3.46. The van der Waals surface area contributed by atoms with E-state index in [9.17, 15) is 14.0 Å². The van der Waals surface area contributed by atoms with Gasteiger partial charge in [-0.2, -0.15) is 0 Å². The molecule has 140 valence electrons. The molecule has 0 unspecified atom stereocenters. The number of fused-ring (bicyclic) bond motifs is 1. The average molecular weight is 395 g/mol. The van der Waals surface area contributed by atoms with Gasteiger partial charge in [0.1, 0.15) is 5.82 Å². The molecule has 0 aliphatic heterocycles. The first kappa shape index (κ1) is 17.9. The summed E-state index contributed by atoms with van der Waals surface area (Å²) in [6.07, 6.45) is 4.70. The number of nitrogens with one attached hydrogen (secondary N) is 1. The van der Waals surface area contributed by atoms with E-state index in [0.717, 1.165) is 22.5 Å². The van der Waals surface area contributed by atoms with Gasteiger partial charge < -0.3 is 5.32 Å². The van der Waals surface area contributed by atoms with Gasteiger partial charge >= 0.3 is 0 Å². The van der Waals surface area contributed by atoms with Crippen LogP contribution in [0.4, 0.5) is 4.39 Å². The molecule has 3 heterocycles. The SMILES string of the molecule is O=C(NCc1ccncc1)c1nc2c(=O)n(Cc3ccc(F)cc3)cnc2s1. The molecule has 1 amide bonds. The van der Waals surface area contributed by atoms with Crippen molar-refractivity contribution in [1.82, 2.24) is 24.8 Å². The number of nitrogens with zero attached hydrogens (tertiary/aromatic N) is 4. The second kappa shape index (κ2) is 7.65. The number of rotatable bonds is 5. The highest BCUT2D eigenvalue weighted by molar-refractivity contribution is 7.19. The Morgan fingerprint density at radius 1 is 1.11 bits per heavy atom. The van der Waals surface area contributed by atoms with Crippen LogP contribution in [0.1, 0.15) is 20.9 Å². The first-order valence-electron chi connectivity index (χ1n) is 8.37. The van der Waals surface area contributed by atoms with Crippen molar-refractivity contribution in [2.24, 2.45) is 0 Å². The molecule has 0 aliphatic rings. The second-order valence-corrected chi connectivity index (χ2v) is 6.99. The molecule has 1 aromatic carbocycles. The van der Waals surface area contributed by atoms with E-state index in [1.165, 1.54) is 23.0 Å². The number of pyridine rings is 1. The van der Waals surface area contributed by atoms with E-state index in [2.05, 4.69) is 20.3 Å². The molecule has 0 aliphatic carbocycles. The summed E-state index contributed by atoms with van der Waals surface area (Å²) < 4.78 is 14.4. The van der Waals surface area contributed by atoms with Crippen LogP contribution in [-0.4, -0.2) is 25.4 Å². The third kappa shape index (κ3) is 3.79. The molecular weight excluding hydrogens is 381 g/mol. The maximum atomic E-state index is 13.0. The predicted octanol–water partition coefficient (Wildman–Crippen LogP) is 2.37. The first-order valence-corrected chi connectivity index (χ1v) is 9.19. The Kier molecular flexibility index (Phi) is 4.90. The normalized spacial score (nSPS) is 10.9. The van der Waals surface area contributed by atoms with E-state index in [4.69, 9.17) is 0 Å². The lowest BCUT2D eigenvalue weighted by molar-refractivity contribution is 0.0950. The summed E-state index contributed by atoms with van der Waals surface area (Å²) in [6.45, 7) is 0.572. The van der Waals surface area contributed by atoms with Gasteiger partial charge in [-0.25, -0.2) is 14.4 Å². The second-order valence-electron chi connectivity index (χ2n) is 6.02. The number of hydrogen-bond donors (Lipinski definition) is 1. The van der Waals surface area contributed by atoms with Crippen LogP contribution < -0.4 is 10.9 Å². The van der Waals surface area contributed by atoms with Crippen molar-refractivity contribution in [1.29, 1.82) is 0 Å². The van der Waals surface area contributed by atoms with E-state index in [1.807, 2.05) is 0 Å². The van der Waals surface area contributed by atoms with Gasteiger partial charge in [0.2, 0.25) is 0 Å². The third-order valence-corrected chi connectivity index (χ3v) is 5.01. The zero-order valence-electron chi connectivity index (χ0n) is 14.5. The summed E-state index contributed by atoms with van der Waals surface area (Å²) in [6, 6.07) is 9.47. The van der Waals surface area contributed by atoms with Gasteiger partial charge in [-0.05, 0) is 35.4 Å². The van der Waals surface area contributed by atoms with Gasteiger partial charge in [0.05, 0.1) is 12.9 Å². The third-order valence-electron chi connectivity index (χ3n) is 4.05. The Bertz CT molecular complexity index is 1190. The zero-order chi connectivity index (χ0) is 19.5. The van der Waals surface area contributed by atoms with E-state index in [1.54, 1.807) is 36.7 Å². The van der Waals surface area contributed by atoms with Crippen molar-refractivity contribution in [3.05, 3.63) is 87.4 Å². The monoisotopic (exact) mass is 395 g/mol. The number of amides is 1. The molecule has 1 N–H and O–H groups in total. The van der Waals surface area contributed by atoms with Crippen LogP contribution in [0.3, 0.4) is 0 Å². The number of aromatic nitrogens is 4. The van der Waals surface area contributed by atoms with E-state index in [-0.39, 0.29) is 34.4 Å². The molecule has 9 heteroatoms. The van der Waals surface area contributed by atoms with Gasteiger partial charge in [0.15, 0.2) is 15.4 Å². The molecule has 4 aromatic rings. The summed E-state index contributed by atoms with van der Waals surface area (Å²) in [5.74, 6) is -0.712. The van der Waals surface area contributed by atoms with E-state index in [0.29, 0.717) is 11.4 Å². The maximum absolute atomic E-state index is 13.0.